The first-order valence-corrected chi connectivity index (χ1v) is 10.6. The summed E-state index contributed by atoms with van der Waals surface area (Å²) in [5.41, 5.74) is 1.20. The van der Waals surface area contributed by atoms with Gasteiger partial charge in [-0.1, -0.05) is 0 Å². The van der Waals surface area contributed by atoms with Gasteiger partial charge in [0, 0.05) is 25.3 Å². The number of benzene rings is 1. The predicted molar refractivity (Wildman–Crippen MR) is 115 cm³/mol. The zero-order chi connectivity index (χ0) is 20.4. The number of imide groups is 1. The molecular formula is C22H30ClN3O4. The van der Waals surface area contributed by atoms with Gasteiger partial charge in [-0.3, -0.25) is 19.3 Å². The van der Waals surface area contributed by atoms with Gasteiger partial charge >= 0.3 is 0 Å². The Balaban J connectivity index is 0.00000256. The molecule has 2 saturated heterocycles. The molecule has 1 N–H and O–H groups in total. The number of halogens is 1. The van der Waals surface area contributed by atoms with Crippen LogP contribution in [0.2, 0.25) is 0 Å². The summed E-state index contributed by atoms with van der Waals surface area (Å²) in [7, 11) is 1.96. The number of nitrogens with one attached hydrogen (secondary N) is 1. The molecule has 8 heteroatoms. The standard InChI is InChI=1S/C22H29N3O4.ClH/c1-23-9-6-15-7-10-24(11-8-15)20(26)16-4-5-18-19(13-16)22(28)25(21(18)27)14-17-3-2-12-29-17;/h4-5,13,15,17,23H,2-3,6-12,14H2,1H3;1H. The second-order valence-corrected chi connectivity index (χ2v) is 8.24. The second kappa shape index (κ2) is 9.90. The lowest BCUT2D eigenvalue weighted by atomic mass is 9.93. The maximum atomic E-state index is 13.0. The number of fused-ring (bicyclic) bond motifs is 1. The number of carbonyl (C=O) groups is 3. The number of rotatable bonds is 6. The van der Waals surface area contributed by atoms with Gasteiger partial charge in [-0.25, -0.2) is 0 Å². The third-order valence-corrected chi connectivity index (χ3v) is 6.33. The van der Waals surface area contributed by atoms with Gasteiger partial charge < -0.3 is 15.0 Å². The summed E-state index contributed by atoms with van der Waals surface area (Å²) >= 11 is 0. The van der Waals surface area contributed by atoms with Gasteiger partial charge in [-0.2, -0.15) is 0 Å². The van der Waals surface area contributed by atoms with E-state index in [1.165, 1.54) is 4.90 Å². The molecule has 3 aliphatic heterocycles. The minimum Gasteiger partial charge on any atom is -0.376 e. The van der Waals surface area contributed by atoms with Crippen LogP contribution in [0.1, 0.15) is 63.2 Å². The van der Waals surface area contributed by atoms with Gasteiger partial charge in [0.1, 0.15) is 0 Å². The fourth-order valence-electron chi connectivity index (χ4n) is 4.54. The van der Waals surface area contributed by atoms with Gasteiger partial charge in [0.05, 0.1) is 23.8 Å². The van der Waals surface area contributed by atoms with Gasteiger partial charge in [0.2, 0.25) is 0 Å². The third-order valence-electron chi connectivity index (χ3n) is 6.33. The van der Waals surface area contributed by atoms with E-state index < -0.39 is 0 Å². The average molecular weight is 436 g/mol. The fraction of sp³-hybridized carbons (Fsp3) is 0.591. The highest BCUT2D eigenvalue weighted by molar-refractivity contribution is 6.22. The van der Waals surface area contributed by atoms with Crippen molar-refractivity contribution >= 4 is 30.1 Å². The minimum atomic E-state index is -0.319. The van der Waals surface area contributed by atoms with Crippen LogP contribution in [0.15, 0.2) is 18.2 Å². The van der Waals surface area contributed by atoms with E-state index in [0.29, 0.717) is 29.2 Å². The summed E-state index contributed by atoms with van der Waals surface area (Å²) in [5.74, 6) is -0.0134. The molecular weight excluding hydrogens is 406 g/mol. The van der Waals surface area contributed by atoms with Crippen LogP contribution in [0.3, 0.4) is 0 Å². The van der Waals surface area contributed by atoms with Crippen LogP contribution >= 0.6 is 12.4 Å². The van der Waals surface area contributed by atoms with Gasteiger partial charge in [0.15, 0.2) is 0 Å². The molecule has 0 bridgehead atoms. The molecule has 3 amide bonds. The number of nitrogens with zero attached hydrogens (tertiary/aromatic N) is 2. The molecule has 7 nitrogen and oxygen atoms in total. The Bertz CT molecular complexity index is 802. The highest BCUT2D eigenvalue weighted by Gasteiger charge is 2.38. The second-order valence-electron chi connectivity index (χ2n) is 8.24. The molecule has 0 saturated carbocycles. The number of ether oxygens (including phenoxy) is 1. The van der Waals surface area contributed by atoms with Crippen molar-refractivity contribution in [2.24, 2.45) is 5.92 Å². The van der Waals surface area contributed by atoms with Crippen LogP contribution in [-0.2, 0) is 4.74 Å². The lowest BCUT2D eigenvalue weighted by molar-refractivity contribution is 0.0475. The number of likely N-dealkylation sites (tertiary alicyclic amines) is 1. The van der Waals surface area contributed by atoms with E-state index in [4.69, 9.17) is 4.74 Å². The number of amides is 3. The molecule has 0 aromatic heterocycles. The maximum absolute atomic E-state index is 13.0. The van der Waals surface area contributed by atoms with E-state index in [1.807, 2.05) is 11.9 Å². The van der Waals surface area contributed by atoms with Crippen LogP contribution in [0.5, 0.6) is 0 Å². The Hall–Kier alpha value is -1.96. The molecule has 0 radical (unpaired) electrons. The zero-order valence-corrected chi connectivity index (χ0v) is 18.2. The number of hydrogen-bond acceptors (Lipinski definition) is 5. The van der Waals surface area contributed by atoms with Crippen molar-refractivity contribution in [1.29, 1.82) is 0 Å². The third kappa shape index (κ3) is 4.53. The predicted octanol–water partition coefficient (Wildman–Crippen LogP) is 2.35. The lowest BCUT2D eigenvalue weighted by Crippen LogP contribution is -2.39. The average Bonchev–Trinajstić information content (AvgIpc) is 3.35. The molecule has 30 heavy (non-hydrogen) atoms. The molecule has 1 atom stereocenters. The Kier molecular flexibility index (Phi) is 7.50. The molecule has 3 heterocycles. The van der Waals surface area contributed by atoms with Crippen LogP contribution in [0.25, 0.3) is 0 Å². The fourth-order valence-corrected chi connectivity index (χ4v) is 4.54. The quantitative estimate of drug-likeness (QED) is 0.694. The molecule has 1 aromatic carbocycles. The van der Waals surface area contributed by atoms with Crippen molar-refractivity contribution in [3.63, 3.8) is 0 Å². The SMILES string of the molecule is CNCCC1CCN(C(=O)c2ccc3c(c2)C(=O)N(CC2CCCO2)C3=O)CC1.Cl. The Morgan fingerprint density at radius 3 is 2.53 bits per heavy atom. The Morgan fingerprint density at radius 1 is 1.13 bits per heavy atom. The molecule has 1 aromatic rings. The van der Waals surface area contributed by atoms with Crippen LogP contribution in [-0.4, -0.2) is 73.5 Å². The number of carbonyl (C=O) groups excluding carboxylic acids is 3. The van der Waals surface area contributed by atoms with Crippen molar-refractivity contribution in [2.75, 3.05) is 39.8 Å². The highest BCUT2D eigenvalue weighted by Crippen LogP contribution is 2.27. The smallest absolute Gasteiger partial charge is 0.261 e. The first kappa shape index (κ1) is 22.7. The molecule has 164 valence electrons. The summed E-state index contributed by atoms with van der Waals surface area (Å²) in [6, 6.07) is 4.90. The largest absolute Gasteiger partial charge is 0.376 e. The Labute approximate surface area is 183 Å². The normalized spacial score (nSPS) is 21.7. The van der Waals surface area contributed by atoms with Crippen LogP contribution < -0.4 is 5.32 Å². The van der Waals surface area contributed by atoms with E-state index in [0.717, 1.165) is 51.7 Å². The number of piperidine rings is 1. The van der Waals surface area contributed by atoms with Crippen molar-refractivity contribution in [1.82, 2.24) is 15.1 Å². The molecule has 3 aliphatic rings. The summed E-state index contributed by atoms with van der Waals surface area (Å²) in [4.78, 5) is 41.5. The maximum Gasteiger partial charge on any atom is 0.261 e. The summed E-state index contributed by atoms with van der Waals surface area (Å²) in [6.45, 7) is 3.44. The first-order valence-electron chi connectivity index (χ1n) is 10.6. The topological polar surface area (TPSA) is 79.0 Å². The summed E-state index contributed by atoms with van der Waals surface area (Å²) in [5, 5.41) is 3.18. The summed E-state index contributed by atoms with van der Waals surface area (Å²) in [6.07, 6.45) is 4.88. The highest BCUT2D eigenvalue weighted by atomic mass is 35.5. The summed E-state index contributed by atoms with van der Waals surface area (Å²) < 4.78 is 5.57. The van der Waals surface area contributed by atoms with E-state index in [1.54, 1.807) is 18.2 Å². The van der Waals surface area contributed by atoms with E-state index >= 15 is 0 Å². The van der Waals surface area contributed by atoms with E-state index in [-0.39, 0.29) is 42.8 Å². The Morgan fingerprint density at radius 2 is 1.87 bits per heavy atom. The van der Waals surface area contributed by atoms with E-state index in [9.17, 15) is 14.4 Å². The molecule has 0 aliphatic carbocycles. The van der Waals surface area contributed by atoms with Gasteiger partial charge in [0.25, 0.3) is 17.7 Å². The molecule has 1 unspecified atom stereocenters. The van der Waals surface area contributed by atoms with Crippen molar-refractivity contribution < 1.29 is 19.1 Å². The van der Waals surface area contributed by atoms with Crippen molar-refractivity contribution in [3.05, 3.63) is 34.9 Å². The number of hydrogen-bond donors (Lipinski definition) is 1. The van der Waals surface area contributed by atoms with Crippen molar-refractivity contribution in [2.45, 2.75) is 38.2 Å². The van der Waals surface area contributed by atoms with Crippen LogP contribution in [0, 0.1) is 5.92 Å². The first-order chi connectivity index (χ1) is 14.1. The molecule has 4 rings (SSSR count). The zero-order valence-electron chi connectivity index (χ0n) is 17.4. The minimum absolute atomic E-state index is 0. The van der Waals surface area contributed by atoms with Gasteiger partial charge in [-0.05, 0) is 69.8 Å². The van der Waals surface area contributed by atoms with E-state index in [2.05, 4.69) is 5.32 Å². The molecule has 0 spiro atoms. The van der Waals surface area contributed by atoms with Gasteiger partial charge in [-0.15, -0.1) is 12.4 Å². The molecule has 2 fully saturated rings. The van der Waals surface area contributed by atoms with Crippen molar-refractivity contribution in [3.8, 4) is 0 Å². The van der Waals surface area contributed by atoms with Crippen LogP contribution in [0.4, 0.5) is 0 Å². The lowest BCUT2D eigenvalue weighted by Gasteiger charge is -2.32. The monoisotopic (exact) mass is 435 g/mol.